The molecule has 0 aromatic carbocycles. The summed E-state index contributed by atoms with van der Waals surface area (Å²) in [5, 5.41) is 9.77. The number of hydrogen-bond donors (Lipinski definition) is 0. The maximum absolute atomic E-state index is 5.94. The van der Waals surface area contributed by atoms with E-state index in [-0.39, 0.29) is 12.3 Å². The minimum absolute atomic E-state index is 0.0145. The van der Waals surface area contributed by atoms with E-state index in [4.69, 9.17) is 24.7 Å². The van der Waals surface area contributed by atoms with Gasteiger partial charge in [0, 0.05) is 49.4 Å². The van der Waals surface area contributed by atoms with Crippen molar-refractivity contribution >= 4 is 16.9 Å². The Bertz CT molecular complexity index is 1340. The van der Waals surface area contributed by atoms with Crippen LogP contribution in [0.25, 0.3) is 33.5 Å². The first-order chi connectivity index (χ1) is 17.1. The van der Waals surface area contributed by atoms with Gasteiger partial charge in [-0.05, 0) is 51.3 Å². The van der Waals surface area contributed by atoms with Gasteiger partial charge in [0.05, 0.1) is 24.8 Å². The number of aromatic nitrogens is 6. The lowest BCUT2D eigenvalue weighted by Crippen LogP contribution is -2.44. The topological polar surface area (TPSA) is 83.1 Å². The molecule has 2 aliphatic heterocycles. The molecule has 6 heterocycles. The van der Waals surface area contributed by atoms with Crippen LogP contribution in [0.1, 0.15) is 38.1 Å². The molecule has 35 heavy (non-hydrogen) atoms. The van der Waals surface area contributed by atoms with Gasteiger partial charge in [-0.2, -0.15) is 10.2 Å². The standard InChI is InChI=1S/C26H31N7O2/c1-17-7-8-19(15-27-17)20-14-22(32-11-13-34-16-18(32)2)28-25-24(30-31(3)26(20)25)21-9-10-33(29-21)23-6-4-5-12-35-23/h7-10,14-15,18,23H,4-6,11-13,16H2,1-3H3/t18-,23?/m1/s1. The number of morpholine rings is 1. The van der Waals surface area contributed by atoms with Crippen molar-refractivity contribution in [1.82, 2.24) is 29.5 Å². The Morgan fingerprint density at radius 3 is 2.77 bits per heavy atom. The molecule has 0 saturated carbocycles. The maximum Gasteiger partial charge on any atom is 0.150 e. The number of nitrogens with zero attached hydrogens (tertiary/aromatic N) is 7. The van der Waals surface area contributed by atoms with Crippen molar-refractivity contribution < 1.29 is 9.47 Å². The van der Waals surface area contributed by atoms with Gasteiger partial charge in [-0.1, -0.05) is 6.07 Å². The van der Waals surface area contributed by atoms with Crippen molar-refractivity contribution in [3.63, 3.8) is 0 Å². The summed E-state index contributed by atoms with van der Waals surface area (Å²) in [6.07, 6.45) is 7.15. The second-order valence-corrected chi connectivity index (χ2v) is 9.51. The van der Waals surface area contributed by atoms with E-state index in [1.165, 1.54) is 0 Å². The van der Waals surface area contributed by atoms with Crippen LogP contribution in [0.4, 0.5) is 5.82 Å². The maximum atomic E-state index is 5.94. The summed E-state index contributed by atoms with van der Waals surface area (Å²) in [6.45, 7) is 7.14. The van der Waals surface area contributed by atoms with Gasteiger partial charge in [0.25, 0.3) is 0 Å². The molecule has 0 spiro atoms. The molecule has 2 aliphatic rings. The summed E-state index contributed by atoms with van der Waals surface area (Å²) in [7, 11) is 1.97. The number of ether oxygens (including phenoxy) is 2. The lowest BCUT2D eigenvalue weighted by molar-refractivity contribution is -0.0393. The average molecular weight is 474 g/mol. The van der Waals surface area contributed by atoms with E-state index in [0.717, 1.165) is 77.5 Å². The fraction of sp³-hybridized carbons (Fsp3) is 0.462. The lowest BCUT2D eigenvalue weighted by Gasteiger charge is -2.34. The minimum Gasteiger partial charge on any atom is -0.377 e. The predicted molar refractivity (Wildman–Crippen MR) is 134 cm³/mol. The smallest absolute Gasteiger partial charge is 0.150 e. The fourth-order valence-corrected chi connectivity index (χ4v) is 5.06. The molecule has 9 nitrogen and oxygen atoms in total. The first kappa shape index (κ1) is 22.2. The first-order valence-electron chi connectivity index (χ1n) is 12.4. The highest BCUT2D eigenvalue weighted by molar-refractivity contribution is 6.00. The van der Waals surface area contributed by atoms with E-state index in [2.05, 4.69) is 28.9 Å². The van der Waals surface area contributed by atoms with Gasteiger partial charge >= 0.3 is 0 Å². The molecule has 4 aromatic rings. The van der Waals surface area contributed by atoms with E-state index in [0.29, 0.717) is 13.2 Å². The summed E-state index contributed by atoms with van der Waals surface area (Å²) in [6, 6.07) is 8.57. The second kappa shape index (κ2) is 9.05. The molecule has 2 atom stereocenters. The highest BCUT2D eigenvalue weighted by atomic mass is 16.5. The van der Waals surface area contributed by atoms with E-state index in [9.17, 15) is 0 Å². The van der Waals surface area contributed by atoms with Gasteiger partial charge in [0.2, 0.25) is 0 Å². The quantitative estimate of drug-likeness (QED) is 0.441. The summed E-state index contributed by atoms with van der Waals surface area (Å²) >= 11 is 0. The van der Waals surface area contributed by atoms with Gasteiger partial charge in [-0.25, -0.2) is 9.67 Å². The largest absolute Gasteiger partial charge is 0.377 e. The molecule has 0 bridgehead atoms. The molecule has 6 rings (SSSR count). The normalized spacial score (nSPS) is 21.1. The Labute approximate surface area is 204 Å². The van der Waals surface area contributed by atoms with Gasteiger partial charge in [0.15, 0.2) is 0 Å². The zero-order valence-corrected chi connectivity index (χ0v) is 20.5. The molecule has 0 radical (unpaired) electrons. The van der Waals surface area contributed by atoms with Crippen molar-refractivity contribution in [2.45, 2.75) is 45.4 Å². The zero-order valence-electron chi connectivity index (χ0n) is 20.5. The summed E-state index contributed by atoms with van der Waals surface area (Å²) in [4.78, 5) is 12.0. The Hall–Kier alpha value is -3.30. The molecule has 2 fully saturated rings. The van der Waals surface area contributed by atoms with Gasteiger partial charge in [-0.15, -0.1) is 0 Å². The van der Waals surface area contributed by atoms with Gasteiger partial charge < -0.3 is 14.4 Å². The van der Waals surface area contributed by atoms with Crippen LogP contribution in [-0.2, 0) is 16.5 Å². The molecule has 182 valence electrons. The van der Waals surface area contributed by atoms with Crippen LogP contribution in [0.5, 0.6) is 0 Å². The molecule has 1 unspecified atom stereocenters. The van der Waals surface area contributed by atoms with Crippen molar-refractivity contribution in [3.8, 4) is 22.5 Å². The SMILES string of the molecule is Cc1ccc(-c2cc(N3CCOC[C@H]3C)nc3c(-c4ccn(C5CCCCO5)n4)nn(C)c23)cn1. The minimum atomic E-state index is -0.0145. The van der Waals surface area contributed by atoms with Crippen molar-refractivity contribution in [2.75, 3.05) is 31.3 Å². The number of hydrogen-bond acceptors (Lipinski definition) is 7. The third kappa shape index (κ3) is 4.08. The first-order valence-corrected chi connectivity index (χ1v) is 12.4. The Balaban J connectivity index is 1.51. The van der Waals surface area contributed by atoms with E-state index >= 15 is 0 Å². The third-order valence-corrected chi connectivity index (χ3v) is 6.96. The number of rotatable bonds is 4. The van der Waals surface area contributed by atoms with Crippen LogP contribution >= 0.6 is 0 Å². The molecule has 0 amide bonds. The molecular formula is C26H31N7O2. The van der Waals surface area contributed by atoms with E-state index in [1.807, 2.05) is 47.9 Å². The number of anilines is 1. The Morgan fingerprint density at radius 1 is 1.09 bits per heavy atom. The summed E-state index contributed by atoms with van der Waals surface area (Å²) < 4.78 is 15.5. The number of aryl methyl sites for hydroxylation is 2. The predicted octanol–water partition coefficient (Wildman–Crippen LogP) is 4.13. The van der Waals surface area contributed by atoms with Crippen LogP contribution < -0.4 is 4.90 Å². The highest BCUT2D eigenvalue weighted by Gasteiger charge is 2.26. The molecular weight excluding hydrogens is 442 g/mol. The molecule has 0 aliphatic carbocycles. The van der Waals surface area contributed by atoms with E-state index < -0.39 is 0 Å². The van der Waals surface area contributed by atoms with Crippen LogP contribution in [0, 0.1) is 6.92 Å². The van der Waals surface area contributed by atoms with Crippen molar-refractivity contribution in [1.29, 1.82) is 0 Å². The lowest BCUT2D eigenvalue weighted by atomic mass is 10.0. The Morgan fingerprint density at radius 2 is 2.00 bits per heavy atom. The monoisotopic (exact) mass is 473 g/mol. The van der Waals surface area contributed by atoms with Crippen LogP contribution in [0.15, 0.2) is 36.7 Å². The van der Waals surface area contributed by atoms with Crippen molar-refractivity contribution in [2.24, 2.45) is 7.05 Å². The molecule has 0 N–H and O–H groups in total. The fourth-order valence-electron chi connectivity index (χ4n) is 5.06. The van der Waals surface area contributed by atoms with E-state index in [1.54, 1.807) is 0 Å². The highest BCUT2D eigenvalue weighted by Crippen LogP contribution is 2.36. The zero-order chi connectivity index (χ0) is 23.9. The number of fused-ring (bicyclic) bond motifs is 1. The van der Waals surface area contributed by atoms with Crippen LogP contribution in [-0.4, -0.2) is 61.9 Å². The Kier molecular flexibility index (Phi) is 5.74. The summed E-state index contributed by atoms with van der Waals surface area (Å²) in [5.41, 5.74) is 6.49. The second-order valence-electron chi connectivity index (χ2n) is 9.51. The molecule has 9 heteroatoms. The molecule has 2 saturated heterocycles. The van der Waals surface area contributed by atoms with Crippen molar-refractivity contribution in [3.05, 3.63) is 42.4 Å². The van der Waals surface area contributed by atoms with Crippen LogP contribution in [0.3, 0.4) is 0 Å². The average Bonchev–Trinajstić information content (AvgIpc) is 3.50. The van der Waals surface area contributed by atoms with Crippen LogP contribution in [0.2, 0.25) is 0 Å². The number of pyridine rings is 2. The van der Waals surface area contributed by atoms with Gasteiger partial charge in [0.1, 0.15) is 29.0 Å². The molecule has 4 aromatic heterocycles. The third-order valence-electron chi connectivity index (χ3n) is 6.96. The summed E-state index contributed by atoms with van der Waals surface area (Å²) in [5.74, 6) is 0.924. The van der Waals surface area contributed by atoms with Gasteiger partial charge in [-0.3, -0.25) is 9.67 Å².